The monoisotopic (exact) mass is 323 g/mol. The summed E-state index contributed by atoms with van der Waals surface area (Å²) in [4.78, 5) is 17.1. The van der Waals surface area contributed by atoms with Crippen LogP contribution in [0.25, 0.3) is 5.57 Å². The molecule has 0 unspecified atom stereocenters. The van der Waals surface area contributed by atoms with Gasteiger partial charge in [0.25, 0.3) is 5.91 Å². The number of nitrogens with zero attached hydrogens (tertiary/aromatic N) is 1. The Labute approximate surface area is 141 Å². The summed E-state index contributed by atoms with van der Waals surface area (Å²) in [6.45, 7) is 1.55. The normalized spacial score (nSPS) is 17.6. The topological polar surface area (TPSA) is 20.3 Å². The molecule has 2 heterocycles. The Hall–Kier alpha value is -1.87. The first-order valence-electron chi connectivity index (χ1n) is 8.46. The molecule has 1 aliphatic heterocycles. The van der Waals surface area contributed by atoms with Crippen LogP contribution in [0.15, 0.2) is 42.5 Å². The second-order valence-corrected chi connectivity index (χ2v) is 7.50. The van der Waals surface area contributed by atoms with Crippen molar-refractivity contribution in [2.45, 2.75) is 32.1 Å². The van der Waals surface area contributed by atoms with Crippen molar-refractivity contribution in [3.63, 3.8) is 0 Å². The molecule has 2 aromatic rings. The summed E-state index contributed by atoms with van der Waals surface area (Å²) in [6.07, 6.45) is 8.01. The zero-order valence-electron chi connectivity index (χ0n) is 13.3. The van der Waals surface area contributed by atoms with E-state index in [0.29, 0.717) is 0 Å². The number of rotatable bonds is 2. The lowest BCUT2D eigenvalue weighted by Crippen LogP contribution is -2.34. The van der Waals surface area contributed by atoms with E-state index in [1.54, 1.807) is 11.3 Å². The molecule has 23 heavy (non-hydrogen) atoms. The number of hydrogen-bond acceptors (Lipinski definition) is 2. The Morgan fingerprint density at radius 3 is 2.61 bits per heavy atom. The van der Waals surface area contributed by atoms with Gasteiger partial charge in [0.15, 0.2) is 0 Å². The van der Waals surface area contributed by atoms with Gasteiger partial charge in [-0.25, -0.2) is 0 Å². The van der Waals surface area contributed by atoms with Gasteiger partial charge in [-0.2, -0.15) is 0 Å². The van der Waals surface area contributed by atoms with Gasteiger partial charge in [0.05, 0.1) is 4.88 Å². The summed E-state index contributed by atoms with van der Waals surface area (Å²) >= 11 is 1.72. The van der Waals surface area contributed by atoms with E-state index in [0.717, 1.165) is 37.2 Å². The zero-order chi connectivity index (χ0) is 15.6. The fraction of sp³-hybridized carbons (Fsp3) is 0.350. The highest BCUT2D eigenvalue weighted by Crippen LogP contribution is 2.31. The Morgan fingerprint density at radius 1 is 1.04 bits per heavy atom. The summed E-state index contributed by atoms with van der Waals surface area (Å²) in [5.74, 6) is 0.216. The summed E-state index contributed by atoms with van der Waals surface area (Å²) in [6, 6.07) is 12.6. The van der Waals surface area contributed by atoms with E-state index < -0.39 is 0 Å². The maximum absolute atomic E-state index is 12.8. The van der Waals surface area contributed by atoms with Crippen LogP contribution in [-0.2, 0) is 12.8 Å². The van der Waals surface area contributed by atoms with Crippen LogP contribution in [0.1, 0.15) is 44.9 Å². The van der Waals surface area contributed by atoms with E-state index in [9.17, 15) is 4.79 Å². The molecule has 3 heteroatoms. The predicted octanol–water partition coefficient (Wildman–Crippen LogP) is 4.56. The van der Waals surface area contributed by atoms with E-state index >= 15 is 0 Å². The molecule has 1 aliphatic carbocycles. The SMILES string of the molecule is O=C(c1cc2c(s1)CCCC2)N1CC=C(c2ccccc2)CC1. The third-order valence-corrected chi connectivity index (χ3v) is 6.07. The highest BCUT2D eigenvalue weighted by molar-refractivity contribution is 7.14. The lowest BCUT2D eigenvalue weighted by molar-refractivity contribution is 0.0777. The van der Waals surface area contributed by atoms with Gasteiger partial charge < -0.3 is 4.90 Å². The summed E-state index contributed by atoms with van der Waals surface area (Å²) in [5, 5.41) is 0. The molecule has 0 spiro atoms. The van der Waals surface area contributed by atoms with Crippen LogP contribution in [0.3, 0.4) is 0 Å². The third kappa shape index (κ3) is 2.98. The van der Waals surface area contributed by atoms with E-state index in [1.807, 2.05) is 11.0 Å². The number of fused-ring (bicyclic) bond motifs is 1. The molecule has 0 fully saturated rings. The minimum atomic E-state index is 0.216. The van der Waals surface area contributed by atoms with E-state index in [2.05, 4.69) is 36.4 Å². The molecule has 0 saturated heterocycles. The van der Waals surface area contributed by atoms with Crippen molar-refractivity contribution < 1.29 is 4.79 Å². The molecular formula is C20H21NOS. The first-order chi connectivity index (χ1) is 11.3. The van der Waals surface area contributed by atoms with Crippen molar-refractivity contribution in [3.8, 4) is 0 Å². The molecule has 0 atom stereocenters. The van der Waals surface area contributed by atoms with Crippen LogP contribution < -0.4 is 0 Å². The number of amides is 1. The number of carbonyl (C=O) groups is 1. The van der Waals surface area contributed by atoms with Crippen LogP contribution in [0.2, 0.25) is 0 Å². The maximum atomic E-state index is 12.8. The third-order valence-electron chi connectivity index (χ3n) is 4.85. The molecule has 4 rings (SSSR count). The molecule has 0 bridgehead atoms. The van der Waals surface area contributed by atoms with Gasteiger partial charge in [-0.15, -0.1) is 11.3 Å². The Bertz CT molecular complexity index is 721. The quantitative estimate of drug-likeness (QED) is 0.793. The zero-order valence-corrected chi connectivity index (χ0v) is 14.1. The van der Waals surface area contributed by atoms with Gasteiger partial charge in [0.2, 0.25) is 0 Å². The highest BCUT2D eigenvalue weighted by Gasteiger charge is 2.23. The van der Waals surface area contributed by atoms with E-state index in [1.165, 1.54) is 34.4 Å². The summed E-state index contributed by atoms with van der Waals surface area (Å²) in [5.41, 5.74) is 4.06. The first-order valence-corrected chi connectivity index (χ1v) is 9.28. The number of aryl methyl sites for hydroxylation is 2. The van der Waals surface area contributed by atoms with Gasteiger partial charge in [0, 0.05) is 18.0 Å². The highest BCUT2D eigenvalue weighted by atomic mass is 32.1. The second kappa shape index (κ2) is 6.32. The van der Waals surface area contributed by atoms with Crippen LogP contribution >= 0.6 is 11.3 Å². The molecule has 2 nitrogen and oxygen atoms in total. The van der Waals surface area contributed by atoms with Gasteiger partial charge in [-0.1, -0.05) is 36.4 Å². The molecule has 118 valence electrons. The smallest absolute Gasteiger partial charge is 0.264 e. The molecule has 0 radical (unpaired) electrons. The number of carbonyl (C=O) groups excluding carboxylic acids is 1. The Kier molecular flexibility index (Phi) is 4.04. The van der Waals surface area contributed by atoms with Crippen LogP contribution in [0.5, 0.6) is 0 Å². The minimum absolute atomic E-state index is 0.216. The Balaban J connectivity index is 1.48. The van der Waals surface area contributed by atoms with Gasteiger partial charge in [-0.05, 0) is 54.9 Å². The van der Waals surface area contributed by atoms with Crippen molar-refractivity contribution in [1.29, 1.82) is 0 Å². The summed E-state index contributed by atoms with van der Waals surface area (Å²) in [7, 11) is 0. The summed E-state index contributed by atoms with van der Waals surface area (Å²) < 4.78 is 0. The van der Waals surface area contributed by atoms with E-state index in [-0.39, 0.29) is 5.91 Å². The van der Waals surface area contributed by atoms with Gasteiger partial charge in [-0.3, -0.25) is 4.79 Å². The fourth-order valence-electron chi connectivity index (χ4n) is 3.52. The lowest BCUT2D eigenvalue weighted by atomic mass is 9.98. The van der Waals surface area contributed by atoms with Crippen LogP contribution in [0.4, 0.5) is 0 Å². The standard InChI is InChI=1S/C20H21NOS/c22-20(19-14-17-8-4-5-9-18(17)23-19)21-12-10-16(11-13-21)15-6-2-1-3-7-15/h1-3,6-7,10,14H,4-5,8-9,11-13H2. The maximum Gasteiger partial charge on any atom is 0.264 e. The molecule has 1 amide bonds. The molecule has 0 saturated carbocycles. The lowest BCUT2D eigenvalue weighted by Gasteiger charge is -2.26. The van der Waals surface area contributed by atoms with Crippen molar-refractivity contribution in [3.05, 3.63) is 63.4 Å². The molecule has 2 aliphatic rings. The van der Waals surface area contributed by atoms with Crippen LogP contribution in [0, 0.1) is 0 Å². The largest absolute Gasteiger partial charge is 0.334 e. The molecule has 1 aromatic carbocycles. The fourth-order valence-corrected chi connectivity index (χ4v) is 4.74. The second-order valence-electron chi connectivity index (χ2n) is 6.36. The van der Waals surface area contributed by atoms with Crippen molar-refractivity contribution in [2.24, 2.45) is 0 Å². The van der Waals surface area contributed by atoms with E-state index in [4.69, 9.17) is 0 Å². The van der Waals surface area contributed by atoms with Crippen molar-refractivity contribution >= 4 is 22.8 Å². The average molecular weight is 323 g/mol. The molecular weight excluding hydrogens is 302 g/mol. The van der Waals surface area contributed by atoms with Crippen molar-refractivity contribution in [1.82, 2.24) is 4.90 Å². The predicted molar refractivity (Wildman–Crippen MR) is 95.9 cm³/mol. The van der Waals surface area contributed by atoms with Gasteiger partial charge in [0.1, 0.15) is 0 Å². The first kappa shape index (κ1) is 14.7. The number of hydrogen-bond donors (Lipinski definition) is 0. The van der Waals surface area contributed by atoms with Gasteiger partial charge >= 0.3 is 0 Å². The average Bonchev–Trinajstić information content (AvgIpc) is 3.06. The molecule has 1 aromatic heterocycles. The number of thiophene rings is 1. The minimum Gasteiger partial charge on any atom is -0.334 e. The van der Waals surface area contributed by atoms with Crippen molar-refractivity contribution in [2.75, 3.05) is 13.1 Å². The molecule has 0 N–H and O–H groups in total. The van der Waals surface area contributed by atoms with Crippen LogP contribution in [-0.4, -0.2) is 23.9 Å². The number of benzene rings is 1. The Morgan fingerprint density at radius 2 is 1.87 bits per heavy atom.